The quantitative estimate of drug-likeness (QED) is 0.263. The number of nitrogens with zero attached hydrogens (tertiary/aromatic N) is 1. The number of carbonyl (C=O) groups is 1. The topological polar surface area (TPSA) is 51.2 Å². The summed E-state index contributed by atoms with van der Waals surface area (Å²) in [6, 6.07) is 14.6. The smallest absolute Gasteiger partial charge is 0.259 e. The number of rotatable bonds is 4. The van der Waals surface area contributed by atoms with E-state index < -0.39 is 0 Å². The van der Waals surface area contributed by atoms with Crippen molar-refractivity contribution in [3.05, 3.63) is 73.1 Å². The van der Waals surface area contributed by atoms with Crippen LogP contribution in [0.1, 0.15) is 10.4 Å². The fourth-order valence-corrected chi connectivity index (χ4v) is 5.89. The first-order valence-electron chi connectivity index (χ1n) is 8.56. The van der Waals surface area contributed by atoms with Crippen molar-refractivity contribution in [2.75, 3.05) is 12.4 Å². The van der Waals surface area contributed by atoms with Gasteiger partial charge in [0.05, 0.1) is 38.1 Å². The van der Waals surface area contributed by atoms with Crippen LogP contribution in [0.3, 0.4) is 0 Å². The molecule has 4 aromatic rings. The summed E-state index contributed by atoms with van der Waals surface area (Å²) in [5.74, 6) is 0.0442. The van der Waals surface area contributed by atoms with Crippen molar-refractivity contribution in [2.45, 2.75) is 0 Å². The molecule has 30 heavy (non-hydrogen) atoms. The summed E-state index contributed by atoms with van der Waals surface area (Å²) in [7, 11) is 1.51. The van der Waals surface area contributed by atoms with Crippen molar-refractivity contribution in [1.82, 2.24) is 4.98 Å². The van der Waals surface area contributed by atoms with Crippen molar-refractivity contribution in [3.63, 3.8) is 0 Å². The molecule has 0 atom stereocenters. The van der Waals surface area contributed by atoms with Crippen LogP contribution in [0, 0.1) is 0 Å². The molecule has 0 aliphatic rings. The maximum atomic E-state index is 13.1. The number of benzene rings is 3. The minimum Gasteiger partial charge on any atom is -0.495 e. The van der Waals surface area contributed by atoms with Gasteiger partial charge in [0, 0.05) is 15.1 Å². The average molecular weight is 587 g/mol. The summed E-state index contributed by atoms with van der Waals surface area (Å²) in [5.41, 5.74) is 2.29. The highest BCUT2D eigenvalue weighted by Gasteiger charge is 2.21. The van der Waals surface area contributed by atoms with E-state index in [2.05, 4.69) is 42.2 Å². The minimum absolute atomic E-state index is 0.318. The molecule has 1 amide bonds. The predicted molar refractivity (Wildman–Crippen MR) is 131 cm³/mol. The molecule has 9 heteroatoms. The molecule has 1 aromatic heterocycles. The molecular formula is C21H12Br2Cl2N2O2S. The van der Waals surface area contributed by atoms with Crippen LogP contribution in [-0.4, -0.2) is 18.0 Å². The molecule has 0 bridgehead atoms. The Morgan fingerprint density at radius 3 is 2.63 bits per heavy atom. The first-order chi connectivity index (χ1) is 14.4. The maximum absolute atomic E-state index is 13.1. The lowest BCUT2D eigenvalue weighted by atomic mass is 10.1. The van der Waals surface area contributed by atoms with Crippen LogP contribution in [0.15, 0.2) is 57.5 Å². The first-order valence-corrected chi connectivity index (χ1v) is 11.7. The van der Waals surface area contributed by atoms with E-state index in [0.29, 0.717) is 42.1 Å². The molecule has 0 saturated heterocycles. The number of anilines is 1. The third-order valence-corrected chi connectivity index (χ3v) is 6.91. The molecule has 1 N–H and O–H groups in total. The van der Waals surface area contributed by atoms with E-state index in [1.807, 2.05) is 24.3 Å². The Balaban J connectivity index is 1.81. The van der Waals surface area contributed by atoms with E-state index >= 15 is 0 Å². The Hall–Kier alpha value is -1.64. The molecule has 3 aromatic carbocycles. The number of thiazole rings is 1. The highest BCUT2D eigenvalue weighted by Crippen LogP contribution is 2.41. The second kappa shape index (κ2) is 8.85. The van der Waals surface area contributed by atoms with Crippen LogP contribution in [0.2, 0.25) is 10.0 Å². The fraction of sp³-hybridized carbons (Fsp3) is 0.0476. The number of halogens is 4. The van der Waals surface area contributed by atoms with Gasteiger partial charge in [0.25, 0.3) is 5.91 Å². The number of aromatic nitrogens is 1. The molecule has 0 aliphatic heterocycles. The molecular weight excluding hydrogens is 575 g/mol. The lowest BCUT2D eigenvalue weighted by Crippen LogP contribution is -2.14. The van der Waals surface area contributed by atoms with Gasteiger partial charge in [-0.15, -0.1) is 11.3 Å². The van der Waals surface area contributed by atoms with Gasteiger partial charge in [0.15, 0.2) is 0 Å². The number of methoxy groups -OCH3 is 1. The molecule has 0 fully saturated rings. The molecule has 0 radical (unpaired) electrons. The summed E-state index contributed by atoms with van der Waals surface area (Å²) in [4.78, 5) is 17.8. The molecule has 0 unspecified atom stereocenters. The Morgan fingerprint density at radius 1 is 1.13 bits per heavy atom. The van der Waals surface area contributed by atoms with Crippen LogP contribution in [0.5, 0.6) is 5.75 Å². The van der Waals surface area contributed by atoms with Crippen LogP contribution < -0.4 is 10.1 Å². The van der Waals surface area contributed by atoms with E-state index in [9.17, 15) is 4.79 Å². The van der Waals surface area contributed by atoms with Gasteiger partial charge in [-0.1, -0.05) is 51.3 Å². The Morgan fingerprint density at radius 2 is 1.90 bits per heavy atom. The van der Waals surface area contributed by atoms with Crippen molar-refractivity contribution < 1.29 is 9.53 Å². The number of hydrogen-bond donors (Lipinski definition) is 1. The van der Waals surface area contributed by atoms with Gasteiger partial charge >= 0.3 is 0 Å². The lowest BCUT2D eigenvalue weighted by Gasteiger charge is -2.15. The highest BCUT2D eigenvalue weighted by atomic mass is 79.9. The molecule has 0 spiro atoms. The lowest BCUT2D eigenvalue weighted by molar-refractivity contribution is 0.102. The highest BCUT2D eigenvalue weighted by molar-refractivity contribution is 9.11. The third-order valence-electron chi connectivity index (χ3n) is 4.27. The normalized spacial score (nSPS) is 11.0. The van der Waals surface area contributed by atoms with Gasteiger partial charge in [-0.05, 0) is 52.3 Å². The van der Waals surface area contributed by atoms with E-state index in [1.165, 1.54) is 18.4 Å². The van der Waals surface area contributed by atoms with Crippen LogP contribution in [-0.2, 0) is 0 Å². The zero-order valence-electron chi connectivity index (χ0n) is 15.3. The number of amides is 1. The Kier molecular flexibility index (Phi) is 6.36. The van der Waals surface area contributed by atoms with Crippen LogP contribution in [0.4, 0.5) is 5.69 Å². The van der Waals surface area contributed by atoms with E-state index in [0.717, 1.165) is 14.7 Å². The van der Waals surface area contributed by atoms with Gasteiger partial charge in [-0.3, -0.25) is 4.79 Å². The van der Waals surface area contributed by atoms with Crippen molar-refractivity contribution in [3.8, 4) is 16.3 Å². The van der Waals surface area contributed by atoms with Crippen LogP contribution in [0.25, 0.3) is 20.8 Å². The molecule has 0 saturated carbocycles. The summed E-state index contributed by atoms with van der Waals surface area (Å²) >= 11 is 21.1. The maximum Gasteiger partial charge on any atom is 0.259 e. The second-order valence-corrected chi connectivity index (χ2v) is 9.86. The number of hydrogen-bond acceptors (Lipinski definition) is 4. The van der Waals surface area contributed by atoms with Gasteiger partial charge < -0.3 is 10.1 Å². The molecule has 0 aliphatic carbocycles. The molecule has 4 nitrogen and oxygen atoms in total. The number of fused-ring (bicyclic) bond motifs is 1. The van der Waals surface area contributed by atoms with E-state index in [-0.39, 0.29) is 5.91 Å². The van der Waals surface area contributed by atoms with Crippen LogP contribution >= 0.6 is 66.4 Å². The number of carbonyl (C=O) groups excluding carboxylic acids is 1. The SMILES string of the molecule is COc1c(Br)cc(Br)cc1C(=O)Nc1c(Cl)cc(Cl)cc1-c1nc2ccccc2s1. The van der Waals surface area contributed by atoms with Gasteiger partial charge in [-0.2, -0.15) is 0 Å². The Bertz CT molecular complexity index is 1260. The fourth-order valence-electron chi connectivity index (χ4n) is 2.97. The van der Waals surface area contributed by atoms with Crippen molar-refractivity contribution >= 4 is 88.2 Å². The van der Waals surface area contributed by atoms with E-state index in [1.54, 1.807) is 24.3 Å². The number of nitrogens with one attached hydrogen (secondary N) is 1. The van der Waals surface area contributed by atoms with Gasteiger partial charge in [-0.25, -0.2) is 4.98 Å². The first kappa shape index (κ1) is 21.6. The predicted octanol–water partition coefficient (Wildman–Crippen LogP) is 8.06. The summed E-state index contributed by atoms with van der Waals surface area (Å²) in [6.45, 7) is 0. The number of ether oxygens (including phenoxy) is 1. The standard InChI is InChI=1S/C21H12Br2Cl2N2O2S/c1-29-19-13(6-10(22)7-14(19)23)20(28)27-18-12(8-11(24)9-15(18)25)21-26-16-4-2-3-5-17(16)30-21/h2-9H,1H3,(H,27,28). The molecule has 1 heterocycles. The molecule has 152 valence electrons. The zero-order chi connectivity index (χ0) is 21.4. The summed E-state index contributed by atoms with van der Waals surface area (Å²) < 4.78 is 7.81. The minimum atomic E-state index is -0.375. The summed E-state index contributed by atoms with van der Waals surface area (Å²) in [6.07, 6.45) is 0. The van der Waals surface area contributed by atoms with Crippen molar-refractivity contribution in [1.29, 1.82) is 0 Å². The van der Waals surface area contributed by atoms with Gasteiger partial charge in [0.1, 0.15) is 10.8 Å². The third kappa shape index (κ3) is 4.22. The second-order valence-electron chi connectivity index (χ2n) is 6.22. The van der Waals surface area contributed by atoms with Crippen molar-refractivity contribution in [2.24, 2.45) is 0 Å². The average Bonchev–Trinajstić information content (AvgIpc) is 3.13. The number of para-hydroxylation sites is 1. The summed E-state index contributed by atoms with van der Waals surface area (Å²) in [5, 5.41) is 4.39. The van der Waals surface area contributed by atoms with E-state index in [4.69, 9.17) is 27.9 Å². The zero-order valence-corrected chi connectivity index (χ0v) is 20.8. The molecule has 4 rings (SSSR count). The monoisotopic (exact) mass is 584 g/mol. The largest absolute Gasteiger partial charge is 0.495 e. The Labute approximate surface area is 203 Å². The van der Waals surface area contributed by atoms with Gasteiger partial charge in [0.2, 0.25) is 0 Å².